The van der Waals surface area contributed by atoms with Crippen LogP contribution in [0.25, 0.3) is 0 Å². The van der Waals surface area contributed by atoms with Crippen molar-refractivity contribution in [1.82, 2.24) is 0 Å². The van der Waals surface area contributed by atoms with Gasteiger partial charge in [0, 0.05) is 58.9 Å². The van der Waals surface area contributed by atoms with Gasteiger partial charge in [0.05, 0.1) is 32.1 Å². The number of nitrogens with one attached hydrogen (secondary N) is 1. The zero-order valence-corrected chi connectivity index (χ0v) is 25.5. The zero-order valence-electron chi connectivity index (χ0n) is 24.8. The monoisotopic (exact) mass is 634 g/mol. The van der Waals surface area contributed by atoms with Crippen LogP contribution in [0.1, 0.15) is 50.3 Å². The third kappa shape index (κ3) is 7.10. The first kappa shape index (κ1) is 31.6. The number of fused-ring (bicyclic) bond motifs is 2. The molecule has 12 heteroatoms. The molecule has 2 aliphatic rings. The number of alkyl halides is 3. The number of rotatable bonds is 11. The first-order chi connectivity index (χ1) is 20.7. The van der Waals surface area contributed by atoms with E-state index in [1.54, 1.807) is 56.3 Å². The van der Waals surface area contributed by atoms with Gasteiger partial charge < -0.3 is 34.3 Å². The van der Waals surface area contributed by atoms with E-state index in [1.165, 1.54) is 31.3 Å². The predicted octanol–water partition coefficient (Wildman–Crippen LogP) is 7.03. The SMILES string of the molecule is COc1cc(NC(C(=O)N2CC3(CC3)c3ccc(OC(F)(F)F)cc32)c2ccc(Cl)cc2OC)cc(OCCC(C)(C)O)c1. The zero-order chi connectivity index (χ0) is 31.9. The van der Waals surface area contributed by atoms with Gasteiger partial charge in [0.2, 0.25) is 0 Å². The minimum Gasteiger partial charge on any atom is -0.497 e. The average molecular weight is 635 g/mol. The van der Waals surface area contributed by atoms with Crippen LogP contribution in [0.4, 0.5) is 24.5 Å². The molecule has 0 bridgehead atoms. The number of amides is 1. The molecule has 2 N–H and O–H groups in total. The summed E-state index contributed by atoms with van der Waals surface area (Å²) in [4.78, 5) is 16.0. The van der Waals surface area contributed by atoms with Gasteiger partial charge in [0.15, 0.2) is 0 Å². The number of hydrogen-bond acceptors (Lipinski definition) is 7. The normalized spacial score (nSPS) is 15.9. The Labute approximate surface area is 258 Å². The van der Waals surface area contributed by atoms with Crippen molar-refractivity contribution in [3.63, 3.8) is 0 Å². The van der Waals surface area contributed by atoms with Crippen molar-refractivity contribution in [3.8, 4) is 23.0 Å². The van der Waals surface area contributed by atoms with Gasteiger partial charge in [-0.2, -0.15) is 0 Å². The molecule has 3 aromatic carbocycles. The Morgan fingerprint density at radius 2 is 1.75 bits per heavy atom. The molecule has 1 heterocycles. The summed E-state index contributed by atoms with van der Waals surface area (Å²) in [6.07, 6.45) is -2.87. The van der Waals surface area contributed by atoms with Crippen molar-refractivity contribution in [1.29, 1.82) is 0 Å². The summed E-state index contributed by atoms with van der Waals surface area (Å²) in [7, 11) is 2.96. The maximum absolute atomic E-state index is 14.5. The van der Waals surface area contributed by atoms with Gasteiger partial charge in [-0.15, -0.1) is 13.2 Å². The van der Waals surface area contributed by atoms with Crippen LogP contribution in [0.3, 0.4) is 0 Å². The summed E-state index contributed by atoms with van der Waals surface area (Å²) in [5, 5.41) is 13.8. The highest BCUT2D eigenvalue weighted by Gasteiger charge is 2.54. The minimum absolute atomic E-state index is 0.235. The average Bonchev–Trinajstić information content (AvgIpc) is 3.65. The number of benzene rings is 3. The number of nitrogens with zero attached hydrogens (tertiary/aromatic N) is 1. The van der Waals surface area contributed by atoms with Crippen molar-refractivity contribution in [2.75, 3.05) is 37.6 Å². The maximum atomic E-state index is 14.5. The highest BCUT2D eigenvalue weighted by Crippen LogP contribution is 2.57. The molecule has 236 valence electrons. The van der Waals surface area contributed by atoms with Crippen LogP contribution in [0.15, 0.2) is 54.6 Å². The second-order valence-electron chi connectivity index (χ2n) is 11.7. The number of methoxy groups -OCH3 is 2. The molecule has 1 spiro atoms. The lowest BCUT2D eigenvalue weighted by Crippen LogP contribution is -2.38. The van der Waals surface area contributed by atoms with Gasteiger partial charge >= 0.3 is 6.36 Å². The van der Waals surface area contributed by atoms with Crippen molar-refractivity contribution in [3.05, 3.63) is 70.7 Å². The van der Waals surface area contributed by atoms with E-state index in [0.717, 1.165) is 18.4 Å². The second kappa shape index (κ2) is 11.9. The van der Waals surface area contributed by atoms with E-state index in [2.05, 4.69) is 10.1 Å². The summed E-state index contributed by atoms with van der Waals surface area (Å²) in [6, 6.07) is 13.1. The summed E-state index contributed by atoms with van der Waals surface area (Å²) >= 11 is 6.24. The van der Waals surface area contributed by atoms with E-state index < -0.39 is 29.7 Å². The summed E-state index contributed by atoms with van der Waals surface area (Å²) in [6.45, 7) is 3.92. The molecule has 1 aliphatic carbocycles. The minimum atomic E-state index is -4.88. The highest BCUT2D eigenvalue weighted by atomic mass is 35.5. The van der Waals surface area contributed by atoms with Crippen LogP contribution in [0.5, 0.6) is 23.0 Å². The second-order valence-corrected chi connectivity index (χ2v) is 12.1. The number of aliphatic hydroxyl groups is 1. The Hall–Kier alpha value is -3.83. The molecule has 1 fully saturated rings. The summed E-state index contributed by atoms with van der Waals surface area (Å²) < 4.78 is 60.4. The largest absolute Gasteiger partial charge is 0.573 e. The number of halogens is 4. The number of anilines is 2. The van der Waals surface area contributed by atoms with Crippen LogP contribution >= 0.6 is 11.6 Å². The van der Waals surface area contributed by atoms with E-state index in [1.807, 2.05) is 0 Å². The molecule has 44 heavy (non-hydrogen) atoms. The van der Waals surface area contributed by atoms with Crippen LogP contribution in [0, 0.1) is 0 Å². The first-order valence-corrected chi connectivity index (χ1v) is 14.4. The van der Waals surface area contributed by atoms with Crippen molar-refractivity contribution < 1.29 is 42.0 Å². The molecular formula is C32H34ClF3N2O6. The Morgan fingerprint density at radius 1 is 1.02 bits per heavy atom. The molecule has 1 saturated carbocycles. The molecule has 0 aromatic heterocycles. The van der Waals surface area contributed by atoms with Crippen LogP contribution < -0.4 is 29.2 Å². The Bertz CT molecular complexity index is 1540. The molecule has 1 atom stereocenters. The topological polar surface area (TPSA) is 89.5 Å². The van der Waals surface area contributed by atoms with Gasteiger partial charge in [-0.05, 0) is 50.5 Å². The van der Waals surface area contributed by atoms with E-state index >= 15 is 0 Å². The fraction of sp³-hybridized carbons (Fsp3) is 0.406. The third-order valence-electron chi connectivity index (χ3n) is 7.81. The Balaban J connectivity index is 1.53. The van der Waals surface area contributed by atoms with E-state index in [-0.39, 0.29) is 12.0 Å². The van der Waals surface area contributed by atoms with Crippen molar-refractivity contribution in [2.45, 2.75) is 56.5 Å². The Kier molecular flexibility index (Phi) is 8.56. The summed E-state index contributed by atoms with van der Waals surface area (Å²) in [5.41, 5.74) is 0.899. The fourth-order valence-corrected chi connectivity index (χ4v) is 5.58. The molecule has 0 radical (unpaired) electrons. The summed E-state index contributed by atoms with van der Waals surface area (Å²) in [5.74, 6) is 0.443. The van der Waals surface area contributed by atoms with Gasteiger partial charge in [-0.1, -0.05) is 23.7 Å². The van der Waals surface area contributed by atoms with Crippen LogP contribution in [0.2, 0.25) is 5.02 Å². The molecule has 1 amide bonds. The van der Waals surface area contributed by atoms with E-state index in [4.69, 9.17) is 25.8 Å². The van der Waals surface area contributed by atoms with E-state index in [9.17, 15) is 23.1 Å². The molecule has 1 unspecified atom stereocenters. The molecule has 3 aromatic rings. The van der Waals surface area contributed by atoms with Crippen molar-refractivity contribution in [2.24, 2.45) is 0 Å². The predicted molar refractivity (Wildman–Crippen MR) is 160 cm³/mol. The lowest BCUT2D eigenvalue weighted by Gasteiger charge is -2.28. The van der Waals surface area contributed by atoms with Gasteiger partial charge in [0.1, 0.15) is 29.0 Å². The molecule has 1 aliphatic heterocycles. The molecule has 5 rings (SSSR count). The van der Waals surface area contributed by atoms with Crippen molar-refractivity contribution >= 4 is 28.9 Å². The molecule has 8 nitrogen and oxygen atoms in total. The lowest BCUT2D eigenvalue weighted by atomic mass is 9.99. The standard InChI is InChI=1S/C32H34ClF3N2O6/c1-30(2,40)11-12-43-23-15-20(14-22(16-23)41-3)37-28(24-7-5-19(33)13-27(24)42-4)29(39)38-18-31(9-10-31)25-8-6-21(17-26(25)38)44-32(34,35)36/h5-8,13-17,28,37,40H,9-12,18H2,1-4H3. The smallest absolute Gasteiger partial charge is 0.497 e. The maximum Gasteiger partial charge on any atom is 0.573 e. The highest BCUT2D eigenvalue weighted by molar-refractivity contribution is 6.30. The van der Waals surface area contributed by atoms with Gasteiger partial charge in [0.25, 0.3) is 5.91 Å². The number of carbonyl (C=O) groups excluding carboxylic acids is 1. The number of ether oxygens (including phenoxy) is 4. The molecule has 0 saturated heterocycles. The molecular weight excluding hydrogens is 601 g/mol. The van der Waals surface area contributed by atoms with Gasteiger partial charge in [-0.25, -0.2) is 0 Å². The Morgan fingerprint density at radius 3 is 2.39 bits per heavy atom. The van der Waals surface area contributed by atoms with Crippen LogP contribution in [-0.4, -0.2) is 50.3 Å². The van der Waals surface area contributed by atoms with E-state index in [0.29, 0.717) is 52.2 Å². The lowest BCUT2D eigenvalue weighted by molar-refractivity contribution is -0.274. The van der Waals surface area contributed by atoms with Gasteiger partial charge in [-0.3, -0.25) is 4.79 Å². The van der Waals surface area contributed by atoms with Crippen LogP contribution in [-0.2, 0) is 10.2 Å². The third-order valence-corrected chi connectivity index (χ3v) is 8.04. The quantitative estimate of drug-likeness (QED) is 0.234. The number of hydrogen-bond donors (Lipinski definition) is 2. The first-order valence-electron chi connectivity index (χ1n) is 14.1. The number of carbonyl (C=O) groups is 1. The fourth-order valence-electron chi connectivity index (χ4n) is 5.42.